The molecule has 0 radical (unpaired) electrons. The number of benzene rings is 2. The summed E-state index contributed by atoms with van der Waals surface area (Å²) in [6, 6.07) is 12.0. The Balaban J connectivity index is 1.48. The molecule has 340 valence electrons. The average Bonchev–Trinajstić information content (AvgIpc) is 3.74. The van der Waals surface area contributed by atoms with E-state index in [1.807, 2.05) is 64.1 Å². The summed E-state index contributed by atoms with van der Waals surface area (Å²) in [5, 5.41) is 17.0. The predicted octanol–water partition coefficient (Wildman–Crippen LogP) is -1.03. The van der Waals surface area contributed by atoms with E-state index in [2.05, 4.69) is 31.9 Å². The van der Waals surface area contributed by atoms with E-state index in [0.717, 1.165) is 11.1 Å². The number of nitrogens with two attached hydrogens (primary N) is 2. The highest BCUT2D eigenvalue weighted by molar-refractivity contribution is 5.94. The molecule has 5 rings (SSSR count). The van der Waals surface area contributed by atoms with Gasteiger partial charge in [0.25, 0.3) is 11.8 Å². The Kier molecular flexibility index (Phi) is 17.4. The minimum Gasteiger partial charge on any atom is -0.376 e. The number of hydrogen-bond acceptors (Lipinski definition) is 12. The number of rotatable bonds is 10. The molecular weight excluding hydrogens is 801 g/mol. The molecule has 62 heavy (non-hydrogen) atoms. The lowest BCUT2D eigenvalue weighted by Crippen LogP contribution is -2.58. The van der Waals surface area contributed by atoms with E-state index in [4.69, 9.17) is 30.4 Å². The maximum absolute atomic E-state index is 14.2. The molecule has 2 aromatic carbocycles. The van der Waals surface area contributed by atoms with Gasteiger partial charge in [0.15, 0.2) is 12.2 Å². The zero-order valence-corrected chi connectivity index (χ0v) is 36.3. The van der Waals surface area contributed by atoms with Crippen LogP contribution in [0.15, 0.2) is 60.7 Å². The molecule has 6 amide bonds. The molecule has 10 N–H and O–H groups in total. The van der Waals surface area contributed by atoms with Crippen molar-refractivity contribution in [2.24, 2.45) is 23.3 Å². The van der Waals surface area contributed by atoms with Crippen molar-refractivity contribution in [3.05, 3.63) is 71.8 Å². The van der Waals surface area contributed by atoms with Gasteiger partial charge in [0.1, 0.15) is 36.4 Å². The molecule has 4 bridgehead atoms. The molecule has 0 saturated carbocycles. The van der Waals surface area contributed by atoms with Crippen molar-refractivity contribution >= 4 is 35.4 Å². The van der Waals surface area contributed by atoms with Crippen LogP contribution < -0.4 is 43.4 Å². The average molecular weight is 865 g/mol. The summed E-state index contributed by atoms with van der Waals surface area (Å²) in [6.45, 7) is 7.32. The molecule has 0 aromatic heterocycles. The van der Waals surface area contributed by atoms with Crippen LogP contribution in [-0.4, -0.2) is 136 Å². The van der Waals surface area contributed by atoms with Gasteiger partial charge in [-0.3, -0.25) is 28.8 Å². The number of ether oxygens (including phenoxy) is 4. The summed E-state index contributed by atoms with van der Waals surface area (Å²) in [5.41, 5.74) is 14.6. The van der Waals surface area contributed by atoms with Crippen molar-refractivity contribution in [1.82, 2.24) is 31.9 Å². The maximum Gasteiger partial charge on any atom is 0.252 e. The number of fused-ring (bicyclic) bond motifs is 4. The summed E-state index contributed by atoms with van der Waals surface area (Å²) in [6.07, 6.45) is -5.62. The molecule has 12 atom stereocenters. The monoisotopic (exact) mass is 864 g/mol. The Bertz CT molecular complexity index is 1710. The molecule has 3 aliphatic heterocycles. The smallest absolute Gasteiger partial charge is 0.252 e. The summed E-state index contributed by atoms with van der Waals surface area (Å²) in [5.74, 6) is -3.73. The topological polar surface area (TPSA) is 264 Å². The van der Waals surface area contributed by atoms with Gasteiger partial charge in [0, 0.05) is 40.2 Å². The molecule has 3 fully saturated rings. The zero-order chi connectivity index (χ0) is 45.1. The van der Waals surface area contributed by atoms with Crippen molar-refractivity contribution in [2.45, 2.75) is 126 Å². The Morgan fingerprint density at radius 3 is 1.19 bits per heavy atom. The van der Waals surface area contributed by atoms with E-state index in [9.17, 15) is 28.8 Å². The van der Waals surface area contributed by atoms with Gasteiger partial charge in [-0.25, -0.2) is 0 Å². The second kappa shape index (κ2) is 22.4. The summed E-state index contributed by atoms with van der Waals surface area (Å²) in [4.78, 5) is 84.1. The van der Waals surface area contributed by atoms with Crippen molar-refractivity contribution in [1.29, 1.82) is 0 Å². The van der Waals surface area contributed by atoms with Crippen LogP contribution in [0.1, 0.15) is 51.7 Å². The zero-order valence-electron chi connectivity index (χ0n) is 36.3. The van der Waals surface area contributed by atoms with Crippen molar-refractivity contribution in [2.75, 3.05) is 27.3 Å². The molecule has 3 aliphatic rings. The molecule has 3 saturated heterocycles. The Morgan fingerprint density at radius 1 is 0.532 bits per heavy atom. The SMILES string of the molecule is CO[C@@H]1[C@H](N)[C@H]2CNC(=O)[C@H](CC(C)C)NC(=O)[C@H](Cc3ccccc3)NC(=O)[C@@H]3O[C@H](CNC(=O)[C@H](CC(C)C)NC(=O)[C@H](Cc4ccccc4)NC(=O)[C@@H]1O2)[C@@H](N)[C@H]3OC. The van der Waals surface area contributed by atoms with Crippen LogP contribution in [-0.2, 0) is 60.6 Å². The molecular formula is C44H64N8O10. The first-order valence-electron chi connectivity index (χ1n) is 21.3. The third kappa shape index (κ3) is 12.6. The lowest BCUT2D eigenvalue weighted by Gasteiger charge is -2.27. The first-order valence-corrected chi connectivity index (χ1v) is 21.3. The van der Waals surface area contributed by atoms with Crippen LogP contribution in [0.2, 0.25) is 0 Å². The number of carbonyl (C=O) groups excluding carboxylic acids is 6. The minimum absolute atomic E-state index is 0.0362. The van der Waals surface area contributed by atoms with Crippen LogP contribution in [0.5, 0.6) is 0 Å². The number of nitrogens with one attached hydrogen (secondary N) is 6. The van der Waals surface area contributed by atoms with Gasteiger partial charge in [-0.2, -0.15) is 0 Å². The van der Waals surface area contributed by atoms with Crippen LogP contribution in [0, 0.1) is 11.8 Å². The normalized spacial score (nSPS) is 32.0. The van der Waals surface area contributed by atoms with E-state index in [1.54, 1.807) is 24.3 Å². The Morgan fingerprint density at radius 2 is 0.871 bits per heavy atom. The predicted molar refractivity (Wildman–Crippen MR) is 228 cm³/mol. The fourth-order valence-corrected chi connectivity index (χ4v) is 8.12. The quantitative estimate of drug-likeness (QED) is 0.143. The van der Waals surface area contributed by atoms with Crippen molar-refractivity contribution < 1.29 is 47.7 Å². The van der Waals surface area contributed by atoms with E-state index in [0.29, 0.717) is 0 Å². The van der Waals surface area contributed by atoms with E-state index in [1.165, 1.54) is 14.2 Å². The number of hydrogen-bond donors (Lipinski definition) is 8. The van der Waals surface area contributed by atoms with Crippen molar-refractivity contribution in [3.8, 4) is 0 Å². The number of methoxy groups -OCH3 is 2. The highest BCUT2D eigenvalue weighted by atomic mass is 16.6. The van der Waals surface area contributed by atoms with Crippen LogP contribution in [0.4, 0.5) is 0 Å². The van der Waals surface area contributed by atoms with Gasteiger partial charge in [-0.15, -0.1) is 0 Å². The number of carbonyl (C=O) groups is 6. The largest absolute Gasteiger partial charge is 0.376 e. The third-order valence-corrected chi connectivity index (χ3v) is 11.4. The van der Waals surface area contributed by atoms with Gasteiger partial charge < -0.3 is 62.3 Å². The van der Waals surface area contributed by atoms with Crippen LogP contribution in [0.25, 0.3) is 0 Å². The van der Waals surface area contributed by atoms with Gasteiger partial charge in [-0.05, 0) is 35.8 Å². The molecule has 2 aromatic rings. The fourth-order valence-electron chi connectivity index (χ4n) is 8.12. The molecule has 0 spiro atoms. The van der Waals surface area contributed by atoms with E-state index >= 15 is 0 Å². The highest BCUT2D eigenvalue weighted by Crippen LogP contribution is 2.25. The van der Waals surface area contributed by atoms with Crippen LogP contribution >= 0.6 is 0 Å². The van der Waals surface area contributed by atoms with Crippen molar-refractivity contribution in [3.63, 3.8) is 0 Å². The Labute approximate surface area is 363 Å². The first-order chi connectivity index (χ1) is 29.6. The summed E-state index contributed by atoms with van der Waals surface area (Å²) in [7, 11) is 2.76. The maximum atomic E-state index is 14.2. The summed E-state index contributed by atoms with van der Waals surface area (Å²) >= 11 is 0. The second-order valence-electron chi connectivity index (χ2n) is 17.1. The molecule has 0 aliphatic carbocycles. The van der Waals surface area contributed by atoms with Gasteiger partial charge in [0.2, 0.25) is 23.6 Å². The minimum atomic E-state index is -1.27. The van der Waals surface area contributed by atoms with Crippen LogP contribution in [0.3, 0.4) is 0 Å². The lowest BCUT2D eigenvalue weighted by atomic mass is 9.99. The van der Waals surface area contributed by atoms with E-state index < -0.39 is 108 Å². The second-order valence-corrected chi connectivity index (χ2v) is 17.1. The lowest BCUT2D eigenvalue weighted by molar-refractivity contribution is -0.141. The van der Waals surface area contributed by atoms with Gasteiger partial charge in [-0.1, -0.05) is 88.4 Å². The molecule has 0 unspecified atom stereocenters. The highest BCUT2D eigenvalue weighted by Gasteiger charge is 2.49. The number of amides is 6. The molecule has 18 heteroatoms. The van der Waals surface area contributed by atoms with Gasteiger partial charge >= 0.3 is 0 Å². The Hall–Kier alpha value is -4.98. The first kappa shape index (κ1) is 48.1. The standard InChI is InChI=1S/C44H64N8O10/c1-23(2)17-27-39(53)47-21-31-33(45)35(59-5)38(61-31)44(58)52-30(20-26-15-11-8-12-16-26)42(56)50-28(18-24(3)4)40(54)48-22-32-34(46)36(60-6)37(62-32)43(57)51-29(41(55)49-27)19-25-13-9-7-10-14-25/h7-16,23-24,27-38H,17-22,45-46H2,1-6H3,(H,47,53)(H,48,54)(H,49,55)(H,50,56)(H,51,57)(H,52,58)/t27-,28-,29-,30-,31+,32+,33+,34+,35+,36+,37+,38+/m0/s1. The molecule has 18 nitrogen and oxygen atoms in total. The fraction of sp³-hybridized carbons (Fsp3) is 0.591. The van der Waals surface area contributed by atoms with Gasteiger partial charge in [0.05, 0.1) is 24.3 Å². The summed E-state index contributed by atoms with van der Waals surface area (Å²) < 4.78 is 23.6. The molecule has 3 heterocycles. The van der Waals surface area contributed by atoms with E-state index in [-0.39, 0.29) is 50.6 Å². The third-order valence-electron chi connectivity index (χ3n) is 11.4.